The van der Waals surface area contributed by atoms with Gasteiger partial charge in [-0.15, -0.1) is 0 Å². The maximum Gasteiger partial charge on any atom is 0.279 e. The zero-order valence-corrected chi connectivity index (χ0v) is 15.1. The van der Waals surface area contributed by atoms with Gasteiger partial charge in [0.05, 0.1) is 17.7 Å². The average molecular weight is 348 g/mol. The van der Waals surface area contributed by atoms with Gasteiger partial charge in [-0.05, 0) is 25.8 Å². The smallest absolute Gasteiger partial charge is 0.279 e. The second-order valence-corrected chi connectivity index (χ2v) is 6.96. The van der Waals surface area contributed by atoms with E-state index in [-0.39, 0.29) is 23.3 Å². The minimum atomic E-state index is -0.635. The minimum absolute atomic E-state index is 0.0581. The number of hydrogen-bond donors (Lipinski definition) is 1. The van der Waals surface area contributed by atoms with Gasteiger partial charge in [0.25, 0.3) is 11.5 Å². The molecule has 2 atom stereocenters. The highest BCUT2D eigenvalue weighted by atomic mass is 16.5. The van der Waals surface area contributed by atoms with Gasteiger partial charge >= 0.3 is 0 Å². The minimum Gasteiger partial charge on any atom is -0.381 e. The Morgan fingerprint density at radius 1 is 1.36 bits per heavy atom. The number of carbonyl (C=O) groups excluding carboxylic acids is 2. The van der Waals surface area contributed by atoms with E-state index in [1.54, 1.807) is 25.8 Å². The van der Waals surface area contributed by atoms with Crippen LogP contribution in [0, 0.1) is 25.2 Å². The van der Waals surface area contributed by atoms with Crippen LogP contribution in [-0.2, 0) is 16.6 Å². The van der Waals surface area contributed by atoms with Crippen molar-refractivity contribution in [1.82, 2.24) is 20.0 Å². The SMILES string of the molecule is CNC(=O)[C@]12CCOC[C@H]1CN(C(=O)c1c(C)c(C)nn(C)c1=O)C2. The van der Waals surface area contributed by atoms with Crippen LogP contribution in [0.1, 0.15) is 28.0 Å². The van der Waals surface area contributed by atoms with E-state index >= 15 is 0 Å². The molecule has 1 aromatic rings. The lowest BCUT2D eigenvalue weighted by atomic mass is 9.73. The van der Waals surface area contributed by atoms with Gasteiger partial charge < -0.3 is 15.0 Å². The van der Waals surface area contributed by atoms with Crippen LogP contribution in [0.15, 0.2) is 4.79 Å². The lowest BCUT2D eigenvalue weighted by molar-refractivity contribution is -0.138. The van der Waals surface area contributed by atoms with Crippen molar-refractivity contribution in [3.8, 4) is 0 Å². The maximum absolute atomic E-state index is 13.1. The molecule has 2 fully saturated rings. The van der Waals surface area contributed by atoms with E-state index < -0.39 is 11.0 Å². The number of rotatable bonds is 2. The van der Waals surface area contributed by atoms with E-state index in [0.717, 1.165) is 0 Å². The summed E-state index contributed by atoms with van der Waals surface area (Å²) in [6, 6.07) is 0. The summed E-state index contributed by atoms with van der Waals surface area (Å²) in [4.78, 5) is 39.7. The fourth-order valence-corrected chi connectivity index (χ4v) is 3.98. The molecule has 2 aliphatic heterocycles. The lowest BCUT2D eigenvalue weighted by Crippen LogP contribution is -2.49. The third kappa shape index (κ3) is 2.64. The van der Waals surface area contributed by atoms with E-state index in [4.69, 9.17) is 4.74 Å². The Bertz CT molecular complexity index is 788. The molecule has 0 bridgehead atoms. The standard InChI is InChI=1S/C17H24N4O4/c1-10-11(2)19-20(4)14(22)13(10)15(23)21-7-12-8-25-6-5-17(12,9-21)16(24)18-3/h12H,5-9H2,1-4H3,(H,18,24)/t12-,17+/m1/s1. The van der Waals surface area contributed by atoms with Crippen molar-refractivity contribution in [2.45, 2.75) is 20.3 Å². The van der Waals surface area contributed by atoms with Crippen LogP contribution in [0.25, 0.3) is 0 Å². The van der Waals surface area contributed by atoms with Crippen molar-refractivity contribution in [3.63, 3.8) is 0 Å². The number of likely N-dealkylation sites (tertiary alicyclic amines) is 1. The van der Waals surface area contributed by atoms with Crippen molar-refractivity contribution in [2.24, 2.45) is 18.4 Å². The summed E-state index contributed by atoms with van der Waals surface area (Å²) in [5.41, 5.74) is 0.332. The number of carbonyl (C=O) groups is 2. The molecular weight excluding hydrogens is 324 g/mol. The Labute approximate surface area is 146 Å². The van der Waals surface area contributed by atoms with Gasteiger partial charge in [0.15, 0.2) is 0 Å². The maximum atomic E-state index is 13.1. The third-order valence-electron chi connectivity index (χ3n) is 5.61. The quantitative estimate of drug-likeness (QED) is 0.786. The number of hydrogen-bond acceptors (Lipinski definition) is 5. The van der Waals surface area contributed by atoms with Gasteiger partial charge in [0.2, 0.25) is 5.91 Å². The van der Waals surface area contributed by atoms with Crippen LogP contribution >= 0.6 is 0 Å². The Balaban J connectivity index is 1.98. The van der Waals surface area contributed by atoms with Crippen molar-refractivity contribution in [3.05, 3.63) is 27.2 Å². The second kappa shape index (κ2) is 6.25. The zero-order valence-electron chi connectivity index (χ0n) is 15.1. The Morgan fingerprint density at radius 3 is 2.76 bits per heavy atom. The van der Waals surface area contributed by atoms with E-state index in [0.29, 0.717) is 44.0 Å². The molecule has 0 spiro atoms. The molecule has 25 heavy (non-hydrogen) atoms. The predicted molar refractivity (Wildman–Crippen MR) is 90.3 cm³/mol. The molecule has 136 valence electrons. The molecule has 2 saturated heterocycles. The van der Waals surface area contributed by atoms with Gasteiger partial charge in [-0.25, -0.2) is 4.68 Å². The number of ether oxygens (including phenoxy) is 1. The molecule has 1 aromatic heterocycles. The van der Waals surface area contributed by atoms with Crippen molar-refractivity contribution in [2.75, 3.05) is 33.4 Å². The highest BCUT2D eigenvalue weighted by Gasteiger charge is 2.54. The Kier molecular flexibility index (Phi) is 4.40. The highest BCUT2D eigenvalue weighted by molar-refractivity contribution is 5.96. The first-order valence-corrected chi connectivity index (χ1v) is 8.45. The number of aromatic nitrogens is 2. The molecule has 0 radical (unpaired) electrons. The largest absolute Gasteiger partial charge is 0.381 e. The number of nitrogens with one attached hydrogen (secondary N) is 1. The lowest BCUT2D eigenvalue weighted by Gasteiger charge is -2.36. The topological polar surface area (TPSA) is 93.5 Å². The van der Waals surface area contributed by atoms with Crippen molar-refractivity contribution < 1.29 is 14.3 Å². The van der Waals surface area contributed by atoms with Crippen LogP contribution in [0.4, 0.5) is 0 Å². The molecule has 3 rings (SSSR count). The van der Waals surface area contributed by atoms with Crippen LogP contribution in [0.2, 0.25) is 0 Å². The van der Waals surface area contributed by atoms with Gasteiger partial charge in [-0.3, -0.25) is 14.4 Å². The first-order chi connectivity index (χ1) is 11.8. The summed E-state index contributed by atoms with van der Waals surface area (Å²) in [7, 11) is 3.15. The van der Waals surface area contributed by atoms with Gasteiger partial charge in [0, 0.05) is 39.7 Å². The first kappa shape index (κ1) is 17.6. The number of aryl methyl sites for hydroxylation is 2. The number of nitrogens with zero attached hydrogens (tertiary/aromatic N) is 3. The Hall–Kier alpha value is -2.22. The van der Waals surface area contributed by atoms with Crippen LogP contribution < -0.4 is 10.9 Å². The van der Waals surface area contributed by atoms with Crippen LogP contribution in [-0.4, -0.2) is 59.8 Å². The van der Waals surface area contributed by atoms with E-state index in [9.17, 15) is 14.4 Å². The number of amides is 2. The van der Waals surface area contributed by atoms with Gasteiger partial charge in [-0.1, -0.05) is 0 Å². The summed E-state index contributed by atoms with van der Waals surface area (Å²) >= 11 is 0. The molecule has 0 aromatic carbocycles. The number of fused-ring (bicyclic) bond motifs is 1. The fourth-order valence-electron chi connectivity index (χ4n) is 3.98. The Morgan fingerprint density at radius 2 is 2.08 bits per heavy atom. The summed E-state index contributed by atoms with van der Waals surface area (Å²) in [6.07, 6.45) is 0.577. The summed E-state index contributed by atoms with van der Waals surface area (Å²) in [5, 5.41) is 6.85. The zero-order chi connectivity index (χ0) is 18.4. The monoisotopic (exact) mass is 348 g/mol. The summed E-state index contributed by atoms with van der Waals surface area (Å²) in [6.45, 7) is 5.18. The molecule has 0 saturated carbocycles. The molecule has 8 heteroatoms. The van der Waals surface area contributed by atoms with E-state index in [1.807, 2.05) is 0 Å². The van der Waals surface area contributed by atoms with Crippen LogP contribution in [0.3, 0.4) is 0 Å². The molecule has 8 nitrogen and oxygen atoms in total. The fraction of sp³-hybridized carbons (Fsp3) is 0.647. The highest BCUT2D eigenvalue weighted by Crippen LogP contribution is 2.42. The summed E-state index contributed by atoms with van der Waals surface area (Å²) in [5.74, 6) is -0.454. The first-order valence-electron chi connectivity index (χ1n) is 8.45. The van der Waals surface area contributed by atoms with Gasteiger partial charge in [0.1, 0.15) is 5.56 Å². The molecule has 3 heterocycles. The molecular formula is C17H24N4O4. The predicted octanol–water partition coefficient (Wildman–Crippen LogP) is -0.378. The van der Waals surface area contributed by atoms with Crippen molar-refractivity contribution in [1.29, 1.82) is 0 Å². The van der Waals surface area contributed by atoms with Crippen molar-refractivity contribution >= 4 is 11.8 Å². The van der Waals surface area contributed by atoms with Crippen LogP contribution in [0.5, 0.6) is 0 Å². The van der Waals surface area contributed by atoms with E-state index in [1.165, 1.54) is 11.7 Å². The second-order valence-electron chi connectivity index (χ2n) is 6.96. The van der Waals surface area contributed by atoms with Gasteiger partial charge in [-0.2, -0.15) is 5.10 Å². The molecule has 2 amide bonds. The normalized spacial score (nSPS) is 25.6. The molecule has 2 aliphatic rings. The molecule has 0 unspecified atom stereocenters. The average Bonchev–Trinajstić information content (AvgIpc) is 3.00. The molecule has 1 N–H and O–H groups in total. The third-order valence-corrected chi connectivity index (χ3v) is 5.61. The summed E-state index contributed by atoms with van der Waals surface area (Å²) < 4.78 is 6.72. The van der Waals surface area contributed by atoms with E-state index in [2.05, 4.69) is 10.4 Å². The molecule has 0 aliphatic carbocycles.